The number of hydrogen-bond donors (Lipinski definition) is 4. The van der Waals surface area contributed by atoms with Crippen molar-refractivity contribution in [2.24, 2.45) is 0 Å². The molecule has 1 fully saturated rings. The minimum absolute atomic E-state index is 0.137. The van der Waals surface area contributed by atoms with Crippen molar-refractivity contribution in [3.63, 3.8) is 0 Å². The van der Waals surface area contributed by atoms with Crippen LogP contribution in [0.15, 0.2) is 30.4 Å². The van der Waals surface area contributed by atoms with Crippen LogP contribution in [-0.2, 0) is 15.9 Å². The number of rotatable bonds is 4. The lowest BCUT2D eigenvalue weighted by atomic mass is 9.99. The Morgan fingerprint density at radius 2 is 2.00 bits per heavy atom. The molecule has 2 aliphatic rings. The molecule has 0 bridgehead atoms. The van der Waals surface area contributed by atoms with Crippen LogP contribution in [0.2, 0.25) is 0 Å². The largest absolute Gasteiger partial charge is 0.485 e. The van der Waals surface area contributed by atoms with Crippen LogP contribution in [0.25, 0.3) is 0 Å². The van der Waals surface area contributed by atoms with E-state index in [1.807, 2.05) is 6.92 Å². The van der Waals surface area contributed by atoms with Gasteiger partial charge in [0.05, 0.1) is 12.2 Å². The van der Waals surface area contributed by atoms with Gasteiger partial charge in [-0.25, -0.2) is 4.79 Å². The lowest BCUT2D eigenvalue weighted by molar-refractivity contribution is -0.285. The molecule has 2 heterocycles. The first kappa shape index (κ1) is 18.8. The normalized spacial score (nSPS) is 33.3. The van der Waals surface area contributed by atoms with Crippen LogP contribution in [0.1, 0.15) is 22.8 Å². The second-order valence-electron chi connectivity index (χ2n) is 6.58. The van der Waals surface area contributed by atoms with Gasteiger partial charge in [0.2, 0.25) is 6.29 Å². The Hall–Kier alpha value is -1.97. The predicted molar refractivity (Wildman–Crippen MR) is 88.6 cm³/mol. The lowest BCUT2D eigenvalue weighted by Crippen LogP contribution is -2.59. The lowest BCUT2D eigenvalue weighted by Gasteiger charge is -2.39. The van der Waals surface area contributed by atoms with Crippen molar-refractivity contribution < 1.29 is 39.4 Å². The Bertz CT molecular complexity index is 700. The van der Waals surface area contributed by atoms with Gasteiger partial charge in [-0.1, -0.05) is 6.58 Å². The van der Waals surface area contributed by atoms with Gasteiger partial charge < -0.3 is 34.6 Å². The third-order valence-corrected chi connectivity index (χ3v) is 4.59. The van der Waals surface area contributed by atoms with Gasteiger partial charge in [0.15, 0.2) is 0 Å². The summed E-state index contributed by atoms with van der Waals surface area (Å²) in [5.74, 6) is -0.0988. The van der Waals surface area contributed by atoms with Crippen molar-refractivity contribution in [2.75, 3.05) is 6.61 Å². The molecule has 0 spiro atoms. The van der Waals surface area contributed by atoms with Crippen LogP contribution in [0.4, 0.5) is 0 Å². The molecule has 8 heteroatoms. The first-order valence-corrected chi connectivity index (χ1v) is 8.28. The van der Waals surface area contributed by atoms with E-state index in [4.69, 9.17) is 14.2 Å². The van der Waals surface area contributed by atoms with Gasteiger partial charge in [-0.3, -0.25) is 0 Å². The van der Waals surface area contributed by atoms with Crippen molar-refractivity contribution in [1.29, 1.82) is 0 Å². The van der Waals surface area contributed by atoms with E-state index in [-0.39, 0.29) is 11.7 Å². The van der Waals surface area contributed by atoms with Gasteiger partial charge in [0.1, 0.15) is 36.3 Å². The first-order chi connectivity index (χ1) is 12.3. The number of aliphatic hydroxyl groups is 4. The van der Waals surface area contributed by atoms with Gasteiger partial charge in [0.25, 0.3) is 0 Å². The van der Waals surface area contributed by atoms with E-state index in [9.17, 15) is 25.2 Å². The Morgan fingerprint density at radius 3 is 2.65 bits per heavy atom. The summed E-state index contributed by atoms with van der Waals surface area (Å²) in [5.41, 5.74) is 1.94. The van der Waals surface area contributed by atoms with Crippen molar-refractivity contribution in [2.45, 2.75) is 50.2 Å². The fraction of sp³-hybridized carbons (Fsp3) is 0.500. The summed E-state index contributed by atoms with van der Waals surface area (Å²) < 4.78 is 16.0. The second-order valence-corrected chi connectivity index (χ2v) is 6.58. The Kier molecular flexibility index (Phi) is 5.31. The average molecular weight is 366 g/mol. The summed E-state index contributed by atoms with van der Waals surface area (Å²) >= 11 is 0. The molecule has 0 amide bonds. The summed E-state index contributed by atoms with van der Waals surface area (Å²) in [6, 6.07) is 4.80. The molecular formula is C18H22O8. The maximum Gasteiger partial charge on any atom is 0.340 e. The fourth-order valence-corrected chi connectivity index (χ4v) is 2.99. The molecule has 4 N–H and O–H groups in total. The zero-order chi connectivity index (χ0) is 19.0. The molecule has 0 unspecified atom stereocenters. The third kappa shape index (κ3) is 3.46. The summed E-state index contributed by atoms with van der Waals surface area (Å²) in [6.07, 6.45) is -6.96. The highest BCUT2D eigenvalue weighted by molar-refractivity contribution is 5.90. The van der Waals surface area contributed by atoms with E-state index < -0.39 is 43.3 Å². The topological polar surface area (TPSA) is 126 Å². The van der Waals surface area contributed by atoms with E-state index in [0.29, 0.717) is 12.2 Å². The average Bonchev–Trinajstić information content (AvgIpc) is 3.05. The molecule has 0 radical (unpaired) electrons. The molecule has 6 atom stereocenters. The molecule has 8 nitrogen and oxygen atoms in total. The maximum atomic E-state index is 12.4. The van der Waals surface area contributed by atoms with E-state index in [0.717, 1.165) is 11.1 Å². The summed E-state index contributed by atoms with van der Waals surface area (Å²) in [4.78, 5) is 12.4. The first-order valence-electron chi connectivity index (χ1n) is 8.28. The molecule has 0 saturated carbocycles. The number of esters is 1. The van der Waals surface area contributed by atoms with Gasteiger partial charge >= 0.3 is 5.97 Å². The number of carbonyl (C=O) groups excluding carboxylic acids is 1. The molecule has 3 rings (SSSR count). The van der Waals surface area contributed by atoms with Crippen molar-refractivity contribution in [3.05, 3.63) is 41.5 Å². The highest BCUT2D eigenvalue weighted by Crippen LogP contribution is 2.32. The number of fused-ring (bicyclic) bond motifs is 1. The van der Waals surface area contributed by atoms with Gasteiger partial charge in [0, 0.05) is 6.42 Å². The third-order valence-electron chi connectivity index (χ3n) is 4.59. The molecule has 1 saturated heterocycles. The van der Waals surface area contributed by atoms with Crippen molar-refractivity contribution in [3.8, 4) is 5.75 Å². The molecule has 1 aromatic carbocycles. The van der Waals surface area contributed by atoms with Crippen LogP contribution >= 0.6 is 0 Å². The fourth-order valence-electron chi connectivity index (χ4n) is 2.99. The van der Waals surface area contributed by atoms with Crippen LogP contribution < -0.4 is 4.74 Å². The van der Waals surface area contributed by atoms with Gasteiger partial charge in [-0.2, -0.15) is 0 Å². The SMILES string of the molecule is C=C(C)[C@H]1Cc2cc(C(=O)O[C@H]3O[C@@H](CO)[C@@H](O)[C@@H](O)[C@H]3O)ccc2O1. The van der Waals surface area contributed by atoms with E-state index in [2.05, 4.69) is 6.58 Å². The van der Waals surface area contributed by atoms with E-state index in [1.165, 1.54) is 6.07 Å². The second kappa shape index (κ2) is 7.34. The van der Waals surface area contributed by atoms with Gasteiger partial charge in [-0.15, -0.1) is 0 Å². The molecule has 1 aromatic rings. The highest BCUT2D eigenvalue weighted by Gasteiger charge is 2.45. The summed E-state index contributed by atoms with van der Waals surface area (Å²) in [7, 11) is 0. The van der Waals surface area contributed by atoms with Crippen LogP contribution in [0.5, 0.6) is 5.75 Å². The van der Waals surface area contributed by atoms with Crippen LogP contribution in [-0.4, -0.2) is 69.8 Å². The van der Waals surface area contributed by atoms with E-state index in [1.54, 1.807) is 12.1 Å². The van der Waals surface area contributed by atoms with Crippen LogP contribution in [0, 0.1) is 0 Å². The monoisotopic (exact) mass is 366 g/mol. The molecule has 142 valence electrons. The molecule has 0 aromatic heterocycles. The van der Waals surface area contributed by atoms with Crippen molar-refractivity contribution >= 4 is 5.97 Å². The number of carbonyl (C=O) groups is 1. The zero-order valence-electron chi connectivity index (χ0n) is 14.2. The predicted octanol–water partition coefficient (Wildman–Crippen LogP) is -0.477. The number of benzene rings is 1. The van der Waals surface area contributed by atoms with E-state index >= 15 is 0 Å². The number of ether oxygens (including phenoxy) is 3. The standard InChI is InChI=1S/C18H22O8/c1-8(2)12-6-10-5-9(3-4-11(10)24-12)17(23)26-18-16(22)15(21)14(20)13(7-19)25-18/h3-5,12-16,18-22H,1,6-7H2,2H3/t12-,13+,14-,15-,16-,18-/m1/s1. The molecule has 0 aliphatic carbocycles. The smallest absolute Gasteiger partial charge is 0.340 e. The Labute approximate surface area is 150 Å². The van der Waals surface area contributed by atoms with Crippen LogP contribution in [0.3, 0.4) is 0 Å². The highest BCUT2D eigenvalue weighted by atomic mass is 16.7. The minimum atomic E-state index is -1.64. The zero-order valence-corrected chi connectivity index (χ0v) is 14.2. The van der Waals surface area contributed by atoms with Crippen molar-refractivity contribution in [1.82, 2.24) is 0 Å². The minimum Gasteiger partial charge on any atom is -0.485 e. The van der Waals surface area contributed by atoms with Gasteiger partial charge in [-0.05, 0) is 36.3 Å². The summed E-state index contributed by atoms with van der Waals surface area (Å²) in [5, 5.41) is 38.6. The quantitative estimate of drug-likeness (QED) is 0.416. The number of hydrogen-bond acceptors (Lipinski definition) is 8. The number of aliphatic hydroxyl groups excluding tert-OH is 4. The molecule has 2 aliphatic heterocycles. The molecular weight excluding hydrogens is 344 g/mol. The Morgan fingerprint density at radius 1 is 1.27 bits per heavy atom. The maximum absolute atomic E-state index is 12.4. The summed E-state index contributed by atoms with van der Waals surface area (Å²) in [6.45, 7) is 5.13. The molecule has 26 heavy (non-hydrogen) atoms. The Balaban J connectivity index is 1.71.